The van der Waals surface area contributed by atoms with Gasteiger partial charge < -0.3 is 9.47 Å². The lowest BCUT2D eigenvalue weighted by Gasteiger charge is -2.26. The summed E-state index contributed by atoms with van der Waals surface area (Å²) in [5.41, 5.74) is 1.17. The molecule has 1 aromatic carbocycles. The van der Waals surface area contributed by atoms with Crippen LogP contribution < -0.4 is 0 Å². The summed E-state index contributed by atoms with van der Waals surface area (Å²) in [6.07, 6.45) is 14.3. The Bertz CT molecular complexity index is 513. The maximum atomic E-state index is 5.79. The summed E-state index contributed by atoms with van der Waals surface area (Å²) in [4.78, 5) is 0. The van der Waals surface area contributed by atoms with Crippen molar-refractivity contribution >= 4 is 0 Å². The molecule has 3 rings (SSSR count). The number of hydrogen-bond donors (Lipinski definition) is 0. The molecule has 0 aromatic heterocycles. The van der Waals surface area contributed by atoms with Crippen LogP contribution in [0.5, 0.6) is 0 Å². The molecule has 1 aromatic rings. The average Bonchev–Trinajstić information content (AvgIpc) is 2.55. The van der Waals surface area contributed by atoms with Crippen LogP contribution in [-0.4, -0.2) is 6.10 Å². The van der Waals surface area contributed by atoms with Gasteiger partial charge in [0.05, 0.1) is 0 Å². The van der Waals surface area contributed by atoms with E-state index in [1.807, 2.05) is 24.3 Å². The zero-order chi connectivity index (χ0) is 13.6. The summed E-state index contributed by atoms with van der Waals surface area (Å²) in [6.45, 7) is 0.578. The van der Waals surface area contributed by atoms with Crippen molar-refractivity contribution in [3.05, 3.63) is 72.2 Å². The number of benzene rings is 1. The van der Waals surface area contributed by atoms with Gasteiger partial charge in [0.2, 0.25) is 0 Å². The van der Waals surface area contributed by atoms with Gasteiger partial charge in [-0.2, -0.15) is 0 Å². The highest BCUT2D eigenvalue weighted by atomic mass is 16.5. The molecule has 1 aliphatic heterocycles. The average molecular weight is 268 g/mol. The van der Waals surface area contributed by atoms with E-state index < -0.39 is 0 Å². The van der Waals surface area contributed by atoms with Crippen LogP contribution in [0.2, 0.25) is 0 Å². The van der Waals surface area contributed by atoms with Crippen molar-refractivity contribution < 1.29 is 9.47 Å². The molecule has 2 nitrogen and oxygen atoms in total. The summed E-state index contributed by atoms with van der Waals surface area (Å²) in [5.74, 6) is 1.30. The Hall–Kier alpha value is -1.96. The fraction of sp³-hybridized carbons (Fsp3) is 0.333. The van der Waals surface area contributed by atoms with Crippen LogP contribution in [0.25, 0.3) is 0 Å². The zero-order valence-corrected chi connectivity index (χ0v) is 11.6. The Morgan fingerprint density at radius 3 is 2.75 bits per heavy atom. The van der Waals surface area contributed by atoms with Crippen LogP contribution >= 0.6 is 0 Å². The van der Waals surface area contributed by atoms with Crippen molar-refractivity contribution in [1.29, 1.82) is 0 Å². The van der Waals surface area contributed by atoms with Crippen LogP contribution in [0.3, 0.4) is 0 Å². The van der Waals surface area contributed by atoms with Crippen LogP contribution in [0.15, 0.2) is 66.7 Å². The Labute approximate surface area is 120 Å². The van der Waals surface area contributed by atoms with Gasteiger partial charge in [-0.3, -0.25) is 0 Å². The molecule has 1 heterocycles. The lowest BCUT2D eigenvalue weighted by molar-refractivity contribution is 0.110. The second-order valence-corrected chi connectivity index (χ2v) is 5.28. The molecule has 20 heavy (non-hydrogen) atoms. The molecule has 2 aliphatic rings. The lowest BCUT2D eigenvalue weighted by Crippen LogP contribution is -2.22. The van der Waals surface area contributed by atoms with Gasteiger partial charge in [0, 0.05) is 5.92 Å². The van der Waals surface area contributed by atoms with E-state index in [1.165, 1.54) is 24.8 Å². The molecule has 2 atom stereocenters. The van der Waals surface area contributed by atoms with Gasteiger partial charge in [0.1, 0.15) is 19.0 Å². The number of rotatable bonds is 4. The topological polar surface area (TPSA) is 18.5 Å². The van der Waals surface area contributed by atoms with Crippen molar-refractivity contribution in [3.8, 4) is 0 Å². The molecule has 2 heteroatoms. The van der Waals surface area contributed by atoms with Crippen LogP contribution in [0.4, 0.5) is 0 Å². The SMILES string of the molecule is C1=CC(C2C=CC(OCc3ccccc3)=CO2)CCC1. The van der Waals surface area contributed by atoms with Gasteiger partial charge in [-0.1, -0.05) is 42.5 Å². The van der Waals surface area contributed by atoms with E-state index in [2.05, 4.69) is 30.4 Å². The van der Waals surface area contributed by atoms with Crippen LogP contribution in [-0.2, 0) is 16.1 Å². The molecule has 0 bridgehead atoms. The molecule has 0 radical (unpaired) electrons. The van der Waals surface area contributed by atoms with Crippen molar-refractivity contribution in [1.82, 2.24) is 0 Å². The fourth-order valence-electron chi connectivity index (χ4n) is 2.60. The maximum absolute atomic E-state index is 5.79. The minimum Gasteiger partial charge on any atom is -0.489 e. The molecular weight excluding hydrogens is 248 g/mol. The molecule has 1 aliphatic carbocycles. The second kappa shape index (κ2) is 6.47. The van der Waals surface area contributed by atoms with Gasteiger partial charge in [0.15, 0.2) is 5.76 Å². The molecular formula is C18H20O2. The van der Waals surface area contributed by atoms with Gasteiger partial charge in [-0.25, -0.2) is 0 Å². The molecule has 0 saturated heterocycles. The minimum absolute atomic E-state index is 0.163. The Morgan fingerprint density at radius 2 is 2.05 bits per heavy atom. The summed E-state index contributed by atoms with van der Waals surface area (Å²) in [6, 6.07) is 10.2. The first-order valence-electron chi connectivity index (χ1n) is 7.29. The number of allylic oxidation sites excluding steroid dienone is 2. The molecule has 0 amide bonds. The van der Waals surface area contributed by atoms with Crippen LogP contribution in [0, 0.1) is 5.92 Å². The summed E-state index contributed by atoms with van der Waals surface area (Å²) in [7, 11) is 0. The molecule has 2 unspecified atom stereocenters. The first-order valence-corrected chi connectivity index (χ1v) is 7.29. The van der Waals surface area contributed by atoms with E-state index in [0.29, 0.717) is 12.5 Å². The highest BCUT2D eigenvalue weighted by molar-refractivity contribution is 5.19. The van der Waals surface area contributed by atoms with Crippen molar-refractivity contribution in [3.63, 3.8) is 0 Å². The van der Waals surface area contributed by atoms with Gasteiger partial charge in [-0.15, -0.1) is 0 Å². The first kappa shape index (κ1) is 13.0. The third-order valence-corrected chi connectivity index (χ3v) is 3.75. The summed E-state index contributed by atoms with van der Waals surface area (Å²) >= 11 is 0. The third-order valence-electron chi connectivity index (χ3n) is 3.75. The quantitative estimate of drug-likeness (QED) is 0.755. The van der Waals surface area contributed by atoms with Crippen molar-refractivity contribution in [2.24, 2.45) is 5.92 Å². The smallest absolute Gasteiger partial charge is 0.154 e. The molecule has 0 spiro atoms. The Kier molecular flexibility index (Phi) is 4.22. The van der Waals surface area contributed by atoms with E-state index in [-0.39, 0.29) is 6.10 Å². The summed E-state index contributed by atoms with van der Waals surface area (Å²) in [5, 5.41) is 0. The van der Waals surface area contributed by atoms with E-state index in [9.17, 15) is 0 Å². The third kappa shape index (κ3) is 3.32. The number of hydrogen-bond acceptors (Lipinski definition) is 2. The van der Waals surface area contributed by atoms with Gasteiger partial charge in [-0.05, 0) is 37.0 Å². The summed E-state index contributed by atoms with van der Waals surface area (Å²) < 4.78 is 11.5. The van der Waals surface area contributed by atoms with E-state index in [4.69, 9.17) is 9.47 Å². The van der Waals surface area contributed by atoms with E-state index >= 15 is 0 Å². The van der Waals surface area contributed by atoms with Crippen molar-refractivity contribution in [2.75, 3.05) is 0 Å². The Balaban J connectivity index is 1.51. The fourth-order valence-corrected chi connectivity index (χ4v) is 2.60. The largest absolute Gasteiger partial charge is 0.489 e. The standard InChI is InChI=1S/C18H20O2/c1-3-7-15(8-4-1)13-19-17-11-12-18(20-14-17)16-9-5-2-6-10-16/h1,3-5,7-9,11-12,14,16,18H,2,6,10,13H2. The van der Waals surface area contributed by atoms with Gasteiger partial charge >= 0.3 is 0 Å². The van der Waals surface area contributed by atoms with Crippen LogP contribution in [0.1, 0.15) is 24.8 Å². The number of ether oxygens (including phenoxy) is 2. The van der Waals surface area contributed by atoms with Gasteiger partial charge in [0.25, 0.3) is 0 Å². The molecule has 0 saturated carbocycles. The molecule has 104 valence electrons. The highest BCUT2D eigenvalue weighted by Crippen LogP contribution is 2.26. The predicted molar refractivity (Wildman–Crippen MR) is 79.8 cm³/mol. The Morgan fingerprint density at radius 1 is 1.15 bits per heavy atom. The maximum Gasteiger partial charge on any atom is 0.154 e. The minimum atomic E-state index is 0.163. The monoisotopic (exact) mass is 268 g/mol. The zero-order valence-electron chi connectivity index (χ0n) is 11.6. The van der Waals surface area contributed by atoms with Crippen molar-refractivity contribution in [2.45, 2.75) is 32.0 Å². The molecule has 0 N–H and O–H groups in total. The van der Waals surface area contributed by atoms with E-state index in [0.717, 1.165) is 5.76 Å². The second-order valence-electron chi connectivity index (χ2n) is 5.28. The first-order chi connectivity index (χ1) is 9.92. The molecule has 0 fully saturated rings. The predicted octanol–water partition coefficient (Wildman–Crippen LogP) is 4.36. The lowest BCUT2D eigenvalue weighted by atomic mass is 9.90. The van der Waals surface area contributed by atoms with E-state index in [1.54, 1.807) is 6.26 Å². The highest BCUT2D eigenvalue weighted by Gasteiger charge is 2.21. The normalized spacial score (nSPS) is 24.9.